The number of anilines is 1. The summed E-state index contributed by atoms with van der Waals surface area (Å²) in [5.41, 5.74) is 1.23. The van der Waals surface area contributed by atoms with Crippen LogP contribution in [0.25, 0.3) is 10.9 Å². The highest BCUT2D eigenvalue weighted by molar-refractivity contribution is 7.93. The Bertz CT molecular complexity index is 601. The molecule has 0 spiro atoms. The summed E-state index contributed by atoms with van der Waals surface area (Å²) in [6.45, 7) is 3.27. The summed E-state index contributed by atoms with van der Waals surface area (Å²) in [6.07, 6.45) is 1.66. The van der Waals surface area contributed by atoms with Gasteiger partial charge in [-0.05, 0) is 19.9 Å². The minimum atomic E-state index is -3.32. The number of para-hydroxylation sites is 1. The standard InChI is InChI=1S/C10H13N3O2S/c1-7(2)16(14,15)13-9-5-3-4-8-6-11-12-10(8)9/h3-7,13H,1-2H3,(H,11,12). The van der Waals surface area contributed by atoms with Gasteiger partial charge in [-0.1, -0.05) is 12.1 Å². The molecule has 0 aliphatic rings. The summed E-state index contributed by atoms with van der Waals surface area (Å²) in [6, 6.07) is 5.36. The number of hydrogen-bond acceptors (Lipinski definition) is 3. The van der Waals surface area contributed by atoms with Crippen LogP contribution in [0.2, 0.25) is 0 Å². The average Bonchev–Trinajstić information content (AvgIpc) is 2.65. The van der Waals surface area contributed by atoms with Crippen LogP contribution in [-0.2, 0) is 10.0 Å². The normalized spacial score (nSPS) is 12.2. The Kier molecular flexibility index (Phi) is 2.59. The highest BCUT2D eigenvalue weighted by atomic mass is 32.2. The van der Waals surface area contributed by atoms with Crippen LogP contribution in [0.15, 0.2) is 24.4 Å². The van der Waals surface area contributed by atoms with Gasteiger partial charge in [0.15, 0.2) is 0 Å². The SMILES string of the molecule is CC(C)S(=O)(=O)Nc1cccc2cn[nH]c12. The van der Waals surface area contributed by atoms with Crippen LogP contribution < -0.4 is 4.72 Å². The Morgan fingerprint density at radius 1 is 1.38 bits per heavy atom. The van der Waals surface area contributed by atoms with Crippen molar-refractivity contribution in [2.24, 2.45) is 0 Å². The minimum Gasteiger partial charge on any atom is -0.281 e. The van der Waals surface area contributed by atoms with Crippen molar-refractivity contribution in [3.63, 3.8) is 0 Å². The Morgan fingerprint density at radius 3 is 2.81 bits per heavy atom. The average molecular weight is 239 g/mol. The maximum atomic E-state index is 11.7. The highest BCUT2D eigenvalue weighted by Crippen LogP contribution is 2.22. The number of nitrogens with zero attached hydrogens (tertiary/aromatic N) is 1. The maximum Gasteiger partial charge on any atom is 0.235 e. The fraction of sp³-hybridized carbons (Fsp3) is 0.300. The molecule has 0 fully saturated rings. The number of aromatic amines is 1. The molecule has 0 bridgehead atoms. The Labute approximate surface area is 93.9 Å². The molecule has 0 radical (unpaired) electrons. The molecular formula is C10H13N3O2S. The lowest BCUT2D eigenvalue weighted by molar-refractivity contribution is 0.593. The molecule has 0 unspecified atom stereocenters. The summed E-state index contributed by atoms with van der Waals surface area (Å²) in [4.78, 5) is 0. The molecule has 0 aliphatic heterocycles. The second kappa shape index (κ2) is 3.79. The zero-order valence-corrected chi connectivity index (χ0v) is 9.88. The minimum absolute atomic E-state index is 0.467. The van der Waals surface area contributed by atoms with Crippen molar-refractivity contribution in [3.8, 4) is 0 Å². The van der Waals surface area contributed by atoms with Gasteiger partial charge in [-0.25, -0.2) is 8.42 Å². The molecule has 1 aromatic carbocycles. The summed E-state index contributed by atoms with van der Waals surface area (Å²) in [5, 5.41) is 7.06. The van der Waals surface area contributed by atoms with Gasteiger partial charge in [0.25, 0.3) is 0 Å². The summed E-state index contributed by atoms with van der Waals surface area (Å²) < 4.78 is 26.0. The summed E-state index contributed by atoms with van der Waals surface area (Å²) in [7, 11) is -3.32. The van der Waals surface area contributed by atoms with Gasteiger partial charge in [-0.3, -0.25) is 9.82 Å². The van der Waals surface area contributed by atoms with E-state index in [1.54, 1.807) is 32.2 Å². The van der Waals surface area contributed by atoms with Crippen LogP contribution >= 0.6 is 0 Å². The van der Waals surface area contributed by atoms with E-state index in [9.17, 15) is 8.42 Å². The summed E-state index contributed by atoms with van der Waals surface area (Å²) >= 11 is 0. The number of nitrogens with one attached hydrogen (secondary N) is 2. The number of hydrogen-bond donors (Lipinski definition) is 2. The Morgan fingerprint density at radius 2 is 2.12 bits per heavy atom. The first kappa shape index (κ1) is 10.9. The van der Waals surface area contributed by atoms with Gasteiger partial charge in [-0.2, -0.15) is 5.10 Å². The molecule has 5 nitrogen and oxygen atoms in total. The molecule has 0 amide bonds. The van der Waals surface area contributed by atoms with Crippen LogP contribution in [0.4, 0.5) is 5.69 Å². The van der Waals surface area contributed by atoms with E-state index in [1.807, 2.05) is 6.07 Å². The fourth-order valence-corrected chi connectivity index (χ4v) is 2.04. The molecule has 2 aromatic rings. The summed E-state index contributed by atoms with van der Waals surface area (Å²) in [5.74, 6) is 0. The third kappa shape index (κ3) is 1.88. The molecule has 16 heavy (non-hydrogen) atoms. The van der Waals surface area contributed by atoms with Crippen LogP contribution in [0.1, 0.15) is 13.8 Å². The van der Waals surface area contributed by atoms with Crippen molar-refractivity contribution in [2.45, 2.75) is 19.1 Å². The topological polar surface area (TPSA) is 74.8 Å². The maximum absolute atomic E-state index is 11.7. The molecule has 2 rings (SSSR count). The van der Waals surface area contributed by atoms with Gasteiger partial charge in [0.1, 0.15) is 0 Å². The molecule has 2 N–H and O–H groups in total. The quantitative estimate of drug-likeness (QED) is 0.856. The monoisotopic (exact) mass is 239 g/mol. The van der Waals surface area contributed by atoms with Crippen LogP contribution in [0, 0.1) is 0 Å². The smallest absolute Gasteiger partial charge is 0.235 e. The van der Waals surface area contributed by atoms with E-state index in [-0.39, 0.29) is 0 Å². The number of rotatable bonds is 3. The predicted molar refractivity (Wildman–Crippen MR) is 63.8 cm³/mol. The van der Waals surface area contributed by atoms with Gasteiger partial charge in [0, 0.05) is 5.39 Å². The first-order valence-electron chi connectivity index (χ1n) is 4.94. The molecule has 1 aromatic heterocycles. The second-order valence-electron chi connectivity index (χ2n) is 3.84. The van der Waals surface area contributed by atoms with E-state index in [4.69, 9.17) is 0 Å². The molecule has 0 saturated carbocycles. The third-order valence-electron chi connectivity index (χ3n) is 2.35. The Balaban J connectivity index is 2.46. The van der Waals surface area contributed by atoms with Gasteiger partial charge in [0.2, 0.25) is 10.0 Å². The molecular weight excluding hydrogens is 226 g/mol. The molecule has 6 heteroatoms. The Hall–Kier alpha value is -1.56. The third-order valence-corrected chi connectivity index (χ3v) is 4.10. The van der Waals surface area contributed by atoms with Crippen molar-refractivity contribution in [3.05, 3.63) is 24.4 Å². The van der Waals surface area contributed by atoms with Crippen molar-refractivity contribution >= 4 is 26.6 Å². The van der Waals surface area contributed by atoms with Gasteiger partial charge < -0.3 is 0 Å². The number of aromatic nitrogens is 2. The van der Waals surface area contributed by atoms with Gasteiger partial charge >= 0.3 is 0 Å². The lowest BCUT2D eigenvalue weighted by Gasteiger charge is -2.11. The second-order valence-corrected chi connectivity index (χ2v) is 6.07. The zero-order valence-electron chi connectivity index (χ0n) is 9.06. The highest BCUT2D eigenvalue weighted by Gasteiger charge is 2.16. The molecule has 0 saturated heterocycles. The lowest BCUT2D eigenvalue weighted by atomic mass is 10.2. The van der Waals surface area contributed by atoms with E-state index in [1.165, 1.54) is 0 Å². The lowest BCUT2D eigenvalue weighted by Crippen LogP contribution is -2.22. The van der Waals surface area contributed by atoms with Crippen molar-refractivity contribution in [1.82, 2.24) is 10.2 Å². The van der Waals surface area contributed by atoms with Crippen molar-refractivity contribution in [1.29, 1.82) is 0 Å². The number of benzene rings is 1. The van der Waals surface area contributed by atoms with E-state index in [0.29, 0.717) is 11.2 Å². The van der Waals surface area contributed by atoms with Crippen molar-refractivity contribution < 1.29 is 8.42 Å². The van der Waals surface area contributed by atoms with Gasteiger partial charge in [0.05, 0.1) is 22.7 Å². The fourth-order valence-electron chi connectivity index (χ4n) is 1.33. The largest absolute Gasteiger partial charge is 0.281 e. The van der Waals surface area contributed by atoms with E-state index in [0.717, 1.165) is 5.39 Å². The number of fused-ring (bicyclic) bond motifs is 1. The van der Waals surface area contributed by atoms with E-state index < -0.39 is 15.3 Å². The van der Waals surface area contributed by atoms with E-state index in [2.05, 4.69) is 14.9 Å². The van der Waals surface area contributed by atoms with Crippen LogP contribution in [0.3, 0.4) is 0 Å². The molecule has 0 aliphatic carbocycles. The van der Waals surface area contributed by atoms with Crippen LogP contribution in [-0.4, -0.2) is 23.9 Å². The molecule has 0 atom stereocenters. The van der Waals surface area contributed by atoms with Gasteiger partial charge in [-0.15, -0.1) is 0 Å². The first-order chi connectivity index (χ1) is 7.50. The van der Waals surface area contributed by atoms with E-state index >= 15 is 0 Å². The predicted octanol–water partition coefficient (Wildman–Crippen LogP) is 1.71. The molecule has 1 heterocycles. The zero-order chi connectivity index (χ0) is 11.8. The van der Waals surface area contributed by atoms with Crippen LogP contribution in [0.5, 0.6) is 0 Å². The number of H-pyrrole nitrogens is 1. The molecule has 86 valence electrons. The number of sulfonamides is 1. The van der Waals surface area contributed by atoms with Crippen molar-refractivity contribution in [2.75, 3.05) is 4.72 Å². The first-order valence-corrected chi connectivity index (χ1v) is 6.49.